The second-order valence-electron chi connectivity index (χ2n) is 5.66. The van der Waals surface area contributed by atoms with Crippen molar-refractivity contribution < 1.29 is 23.8 Å². The highest BCUT2D eigenvalue weighted by atomic mass is 19.1. The van der Waals surface area contributed by atoms with Gasteiger partial charge in [-0.1, -0.05) is 12.1 Å². The number of ether oxygens (including phenoxy) is 1. The smallest absolute Gasteiger partial charge is 0.308 e. The average Bonchev–Trinajstić information content (AvgIpc) is 3.04. The van der Waals surface area contributed by atoms with Crippen LogP contribution >= 0.6 is 0 Å². The highest BCUT2D eigenvalue weighted by Crippen LogP contribution is 2.27. The van der Waals surface area contributed by atoms with Gasteiger partial charge in [0.2, 0.25) is 5.91 Å². The molecule has 1 atom stereocenters. The maximum absolute atomic E-state index is 13.1. The quantitative estimate of drug-likeness (QED) is 0.854. The van der Waals surface area contributed by atoms with Crippen molar-refractivity contribution in [1.82, 2.24) is 0 Å². The van der Waals surface area contributed by atoms with Gasteiger partial charge in [-0.05, 0) is 49.0 Å². The Bertz CT molecular complexity index is 764. The first-order valence-electron chi connectivity index (χ1n) is 8.11. The van der Waals surface area contributed by atoms with Gasteiger partial charge in [-0.3, -0.25) is 9.59 Å². The van der Waals surface area contributed by atoms with Gasteiger partial charge in [-0.25, -0.2) is 4.39 Å². The average molecular weight is 360 g/mol. The minimum atomic E-state index is -0.958. The van der Waals surface area contributed by atoms with Gasteiger partial charge in [-0.15, -0.1) is 0 Å². The molecule has 0 bridgehead atoms. The number of nitrogens with two attached hydrogens (primary N) is 1. The van der Waals surface area contributed by atoms with E-state index in [1.54, 1.807) is 36.4 Å². The van der Waals surface area contributed by atoms with Crippen molar-refractivity contribution in [2.24, 2.45) is 11.7 Å². The Labute approximate surface area is 151 Å². The molecule has 6 nitrogen and oxygen atoms in total. The summed E-state index contributed by atoms with van der Waals surface area (Å²) in [7, 11) is 1.50. The van der Waals surface area contributed by atoms with Crippen LogP contribution in [-0.2, 0) is 16.2 Å². The molecule has 1 aliphatic rings. The van der Waals surface area contributed by atoms with Crippen LogP contribution in [0.4, 0.5) is 10.1 Å². The fraction of sp³-hybridized carbons (Fsp3) is 0.263. The van der Waals surface area contributed by atoms with Crippen molar-refractivity contribution in [1.29, 1.82) is 0 Å². The second-order valence-corrected chi connectivity index (χ2v) is 5.66. The van der Waals surface area contributed by atoms with Crippen molar-refractivity contribution in [2.75, 3.05) is 18.5 Å². The molecular weight excluding hydrogens is 339 g/mol. The Morgan fingerprint density at radius 3 is 2.54 bits per heavy atom. The third-order valence-electron chi connectivity index (χ3n) is 3.92. The lowest BCUT2D eigenvalue weighted by molar-refractivity contribution is -0.141. The van der Waals surface area contributed by atoms with Crippen molar-refractivity contribution in [3.63, 3.8) is 0 Å². The van der Waals surface area contributed by atoms with Crippen LogP contribution in [0.15, 0.2) is 48.5 Å². The third kappa shape index (κ3) is 4.80. The number of anilines is 1. The van der Waals surface area contributed by atoms with Crippen LogP contribution < -0.4 is 15.4 Å². The molecule has 7 heteroatoms. The molecule has 138 valence electrons. The monoisotopic (exact) mass is 360 g/mol. The standard InChI is InChI=1S/C18H16FNO4.CH5N/c19-14-3-1-2-12(8-14)11-24-16-6-4-15(5-7-16)20-10-13(18(22)23)9-17(20)21;1-2/h1-8,13H,9-11H2,(H,22,23);2H2,1H3. The number of benzene rings is 2. The van der Waals surface area contributed by atoms with Crippen molar-refractivity contribution in [3.05, 3.63) is 59.9 Å². The number of aliphatic carboxylic acids is 1. The number of hydrogen-bond donors (Lipinski definition) is 2. The Morgan fingerprint density at radius 2 is 1.96 bits per heavy atom. The topological polar surface area (TPSA) is 92.9 Å². The van der Waals surface area contributed by atoms with E-state index in [1.165, 1.54) is 24.1 Å². The first-order chi connectivity index (χ1) is 12.5. The molecule has 0 aliphatic carbocycles. The fourth-order valence-electron chi connectivity index (χ4n) is 2.64. The molecule has 1 amide bonds. The predicted octanol–water partition coefficient (Wildman–Crippen LogP) is 2.42. The van der Waals surface area contributed by atoms with E-state index in [4.69, 9.17) is 9.84 Å². The van der Waals surface area contributed by atoms with E-state index >= 15 is 0 Å². The fourth-order valence-corrected chi connectivity index (χ4v) is 2.64. The molecule has 0 aromatic heterocycles. The summed E-state index contributed by atoms with van der Waals surface area (Å²) in [6.07, 6.45) is 0.0210. The van der Waals surface area contributed by atoms with E-state index < -0.39 is 11.9 Å². The highest BCUT2D eigenvalue weighted by molar-refractivity contribution is 5.99. The molecule has 1 aliphatic heterocycles. The van der Waals surface area contributed by atoms with E-state index in [2.05, 4.69) is 5.73 Å². The maximum atomic E-state index is 13.1. The van der Waals surface area contributed by atoms with Gasteiger partial charge >= 0.3 is 5.97 Å². The summed E-state index contributed by atoms with van der Waals surface area (Å²) in [6.45, 7) is 0.415. The number of carboxylic acid groups (broad SMARTS) is 1. The normalized spacial score (nSPS) is 16.0. The van der Waals surface area contributed by atoms with Gasteiger partial charge in [0, 0.05) is 18.7 Å². The van der Waals surface area contributed by atoms with Crippen LogP contribution in [0.2, 0.25) is 0 Å². The Hall–Kier alpha value is -2.93. The molecule has 1 saturated heterocycles. The van der Waals surface area contributed by atoms with Crippen LogP contribution in [0, 0.1) is 11.7 Å². The van der Waals surface area contributed by atoms with Gasteiger partial charge in [0.05, 0.1) is 5.92 Å². The summed E-state index contributed by atoms with van der Waals surface area (Å²) in [6, 6.07) is 13.0. The summed E-state index contributed by atoms with van der Waals surface area (Å²) in [5.41, 5.74) is 5.86. The van der Waals surface area contributed by atoms with Crippen LogP contribution in [0.1, 0.15) is 12.0 Å². The number of halogens is 1. The second kappa shape index (κ2) is 8.96. The number of carbonyl (C=O) groups is 2. The van der Waals surface area contributed by atoms with Crippen LogP contribution in [0.5, 0.6) is 5.75 Å². The summed E-state index contributed by atoms with van der Waals surface area (Å²) in [5, 5.41) is 9.01. The van der Waals surface area contributed by atoms with Gasteiger partial charge < -0.3 is 20.5 Å². The van der Waals surface area contributed by atoms with Gasteiger partial charge in [0.1, 0.15) is 18.2 Å². The zero-order valence-electron chi connectivity index (χ0n) is 14.4. The van der Waals surface area contributed by atoms with E-state index in [1.807, 2.05) is 0 Å². The summed E-state index contributed by atoms with van der Waals surface area (Å²) >= 11 is 0. The predicted molar refractivity (Wildman–Crippen MR) is 95.4 cm³/mol. The number of hydrogen-bond acceptors (Lipinski definition) is 4. The molecule has 2 aromatic rings. The molecule has 3 rings (SSSR count). The van der Waals surface area contributed by atoms with Crippen LogP contribution in [0.3, 0.4) is 0 Å². The van der Waals surface area contributed by atoms with Crippen LogP contribution in [-0.4, -0.2) is 30.6 Å². The zero-order chi connectivity index (χ0) is 19.1. The zero-order valence-corrected chi connectivity index (χ0v) is 14.4. The minimum absolute atomic E-state index is 0.0210. The lowest BCUT2D eigenvalue weighted by atomic mass is 10.1. The Kier molecular flexibility index (Phi) is 6.68. The molecule has 0 radical (unpaired) electrons. The molecule has 1 unspecified atom stereocenters. The van der Waals surface area contributed by atoms with Crippen molar-refractivity contribution >= 4 is 17.6 Å². The van der Waals surface area contributed by atoms with E-state index in [9.17, 15) is 14.0 Å². The molecule has 26 heavy (non-hydrogen) atoms. The maximum Gasteiger partial charge on any atom is 0.308 e. The number of rotatable bonds is 5. The van der Waals surface area contributed by atoms with E-state index in [0.29, 0.717) is 11.4 Å². The largest absolute Gasteiger partial charge is 0.489 e. The molecule has 0 saturated carbocycles. The summed E-state index contributed by atoms with van der Waals surface area (Å²) < 4.78 is 18.7. The lowest BCUT2D eigenvalue weighted by Gasteiger charge is -2.16. The number of amides is 1. The van der Waals surface area contributed by atoms with E-state index in [-0.39, 0.29) is 31.3 Å². The Morgan fingerprint density at radius 1 is 1.27 bits per heavy atom. The first-order valence-corrected chi connectivity index (χ1v) is 8.11. The minimum Gasteiger partial charge on any atom is -0.489 e. The van der Waals surface area contributed by atoms with E-state index in [0.717, 1.165) is 5.56 Å². The summed E-state index contributed by atoms with van der Waals surface area (Å²) in [5.74, 6) is -1.55. The molecule has 1 fully saturated rings. The number of carboxylic acids is 1. The SMILES string of the molecule is CN.O=C(O)C1CC(=O)N(c2ccc(OCc3cccc(F)c3)cc2)C1. The number of carbonyl (C=O) groups excluding carboxylic acids is 1. The molecular formula is C19H21FN2O4. The Balaban J connectivity index is 0.00000117. The molecule has 2 aromatic carbocycles. The lowest BCUT2D eigenvalue weighted by Crippen LogP contribution is -2.25. The van der Waals surface area contributed by atoms with Gasteiger partial charge in [0.15, 0.2) is 0 Å². The first kappa shape index (κ1) is 19.4. The van der Waals surface area contributed by atoms with Crippen LogP contribution in [0.25, 0.3) is 0 Å². The molecule has 1 heterocycles. The van der Waals surface area contributed by atoms with Gasteiger partial charge in [-0.2, -0.15) is 0 Å². The third-order valence-corrected chi connectivity index (χ3v) is 3.92. The number of nitrogens with zero attached hydrogens (tertiary/aromatic N) is 1. The van der Waals surface area contributed by atoms with Crippen molar-refractivity contribution in [2.45, 2.75) is 13.0 Å². The molecule has 0 spiro atoms. The molecule has 3 N–H and O–H groups in total. The van der Waals surface area contributed by atoms with Crippen molar-refractivity contribution in [3.8, 4) is 5.75 Å². The summed E-state index contributed by atoms with van der Waals surface area (Å²) in [4.78, 5) is 24.4. The van der Waals surface area contributed by atoms with Gasteiger partial charge in [0.25, 0.3) is 0 Å². The highest BCUT2D eigenvalue weighted by Gasteiger charge is 2.34.